The maximum atomic E-state index is 14.4. The summed E-state index contributed by atoms with van der Waals surface area (Å²) in [6, 6.07) is 19.6. The number of fused-ring (bicyclic) bond motifs is 1. The van der Waals surface area contributed by atoms with Crippen LogP contribution in [0.25, 0.3) is 5.69 Å². The number of benzene rings is 3. The summed E-state index contributed by atoms with van der Waals surface area (Å²) in [5.74, 6) is -2.53. The molecule has 51 heavy (non-hydrogen) atoms. The smallest absolute Gasteiger partial charge is 0.347 e. The molecule has 5 rings (SSSR count). The van der Waals surface area contributed by atoms with Gasteiger partial charge >= 0.3 is 6.18 Å². The van der Waals surface area contributed by atoms with Crippen molar-refractivity contribution in [3.8, 4) is 5.69 Å². The zero-order valence-corrected chi connectivity index (χ0v) is 29.1. The highest BCUT2D eigenvalue weighted by Gasteiger charge is 2.46. The summed E-state index contributed by atoms with van der Waals surface area (Å²) in [5, 5.41) is 6.59. The van der Waals surface area contributed by atoms with E-state index in [0.717, 1.165) is 18.2 Å². The van der Waals surface area contributed by atoms with Gasteiger partial charge < -0.3 is 10.2 Å². The SMILES string of the molecule is [B]CC1[C@@H](c2cccc(N(CC=C)C(=O)C=C)c2)c2c(C)nn(-c3ccccc3)c2N(CC)C(=O)C(S)[C@@H]1NC(=O)c1cccc(C(F)(F)F)c1. The Bertz CT molecular complexity index is 1950. The van der Waals surface area contributed by atoms with Crippen molar-refractivity contribution in [3.05, 3.63) is 132 Å². The van der Waals surface area contributed by atoms with Gasteiger partial charge in [0.1, 0.15) is 11.1 Å². The molecule has 2 heterocycles. The third-order valence-corrected chi connectivity index (χ3v) is 9.57. The van der Waals surface area contributed by atoms with Gasteiger partial charge in [-0.15, -0.1) is 6.58 Å². The molecule has 4 aromatic rings. The van der Waals surface area contributed by atoms with Gasteiger partial charge in [0, 0.05) is 35.8 Å². The molecular weight excluding hydrogens is 674 g/mol. The Hall–Kier alpha value is -5.04. The van der Waals surface area contributed by atoms with Gasteiger partial charge in [-0.1, -0.05) is 55.4 Å². The molecule has 3 amide bonds. The normalized spacial score (nSPS) is 19.0. The molecule has 1 N–H and O–H groups in total. The summed E-state index contributed by atoms with van der Waals surface area (Å²) in [6.07, 6.45) is -1.95. The summed E-state index contributed by atoms with van der Waals surface area (Å²) >= 11 is 4.79. The first-order valence-electron chi connectivity index (χ1n) is 16.3. The van der Waals surface area contributed by atoms with Crippen molar-refractivity contribution in [1.82, 2.24) is 15.1 Å². The second-order valence-electron chi connectivity index (χ2n) is 12.1. The summed E-state index contributed by atoms with van der Waals surface area (Å²) in [6.45, 7) is 11.5. The lowest BCUT2D eigenvalue weighted by molar-refractivity contribution is -0.137. The predicted molar refractivity (Wildman–Crippen MR) is 197 cm³/mol. The molecule has 1 aromatic heterocycles. The number of carbonyl (C=O) groups excluding carboxylic acids is 3. The molecule has 0 spiro atoms. The van der Waals surface area contributed by atoms with Crippen LogP contribution in [-0.2, 0) is 15.8 Å². The fraction of sp³-hybridized carbons (Fsp3) is 0.263. The average Bonchev–Trinajstić information content (AvgIpc) is 3.46. The van der Waals surface area contributed by atoms with Crippen LogP contribution in [0.2, 0.25) is 6.32 Å². The molecule has 262 valence electrons. The molecule has 3 aromatic carbocycles. The number of rotatable bonds is 10. The second-order valence-corrected chi connectivity index (χ2v) is 12.6. The number of aromatic nitrogens is 2. The van der Waals surface area contributed by atoms with E-state index in [0.29, 0.717) is 34.0 Å². The van der Waals surface area contributed by atoms with Gasteiger partial charge in [-0.3, -0.25) is 19.3 Å². The molecule has 0 saturated heterocycles. The maximum absolute atomic E-state index is 14.4. The number of para-hydroxylation sites is 1. The average molecular weight is 712 g/mol. The number of alkyl halides is 3. The Morgan fingerprint density at radius 2 is 1.76 bits per heavy atom. The van der Waals surface area contributed by atoms with E-state index in [1.807, 2.05) is 56.3 Å². The molecule has 4 atom stereocenters. The van der Waals surface area contributed by atoms with Crippen molar-refractivity contribution >= 4 is 49.7 Å². The lowest BCUT2D eigenvalue weighted by Crippen LogP contribution is -2.55. The second kappa shape index (κ2) is 15.5. The summed E-state index contributed by atoms with van der Waals surface area (Å²) in [7, 11) is 6.58. The highest BCUT2D eigenvalue weighted by Crippen LogP contribution is 2.47. The van der Waals surface area contributed by atoms with E-state index in [1.54, 1.807) is 27.8 Å². The number of nitrogens with zero attached hydrogens (tertiary/aromatic N) is 4. The van der Waals surface area contributed by atoms with Crippen LogP contribution in [0.5, 0.6) is 0 Å². The van der Waals surface area contributed by atoms with Gasteiger partial charge in [0.25, 0.3) is 11.8 Å². The highest BCUT2D eigenvalue weighted by molar-refractivity contribution is 7.82. The highest BCUT2D eigenvalue weighted by atomic mass is 32.1. The molecule has 8 nitrogen and oxygen atoms in total. The third-order valence-electron chi connectivity index (χ3n) is 9.03. The van der Waals surface area contributed by atoms with Crippen LogP contribution in [-0.4, -0.2) is 59.7 Å². The molecule has 0 bridgehead atoms. The molecule has 1 aliphatic heterocycles. The number of amides is 3. The fourth-order valence-electron chi connectivity index (χ4n) is 6.68. The van der Waals surface area contributed by atoms with Crippen molar-refractivity contribution in [2.45, 2.75) is 43.6 Å². The van der Waals surface area contributed by atoms with Crippen LogP contribution in [0.15, 0.2) is 104 Å². The minimum atomic E-state index is -4.67. The van der Waals surface area contributed by atoms with Crippen molar-refractivity contribution in [1.29, 1.82) is 0 Å². The van der Waals surface area contributed by atoms with Gasteiger partial charge in [-0.25, -0.2) is 4.68 Å². The van der Waals surface area contributed by atoms with Gasteiger partial charge in [-0.05, 0) is 73.9 Å². The summed E-state index contributed by atoms with van der Waals surface area (Å²) in [4.78, 5) is 44.2. The van der Waals surface area contributed by atoms with E-state index < -0.39 is 46.7 Å². The van der Waals surface area contributed by atoms with E-state index in [4.69, 9.17) is 25.6 Å². The Morgan fingerprint density at radius 1 is 1.06 bits per heavy atom. The standard InChI is InChI=1S/C38H37BF3N5O3S/c1-5-19-46(30(48)6-2)28-18-12-13-24(21-28)32-29(22-39)33(43-35(49)25-14-11-15-26(20-25)38(40,41)42)34(51)37(50)45(7-3)36-31(32)23(4)44-47(36)27-16-9-8-10-17-27/h5-6,8-18,20-21,29,32-34,51H,1-2,7,19,22H2,3-4H3,(H,43,49)/t29?,32-,33-,34?/m1/s1. The van der Waals surface area contributed by atoms with Crippen LogP contribution in [0.4, 0.5) is 24.7 Å². The number of carbonyl (C=O) groups is 3. The van der Waals surface area contributed by atoms with Gasteiger partial charge in [-0.2, -0.15) is 30.9 Å². The number of anilines is 2. The van der Waals surface area contributed by atoms with E-state index in [9.17, 15) is 27.6 Å². The Balaban J connectivity index is 1.76. The van der Waals surface area contributed by atoms with Crippen LogP contribution in [0, 0.1) is 12.8 Å². The summed E-state index contributed by atoms with van der Waals surface area (Å²) in [5.41, 5.74) is 1.95. The van der Waals surface area contributed by atoms with Gasteiger partial charge in [0.05, 0.1) is 30.8 Å². The lowest BCUT2D eigenvalue weighted by atomic mass is 9.69. The van der Waals surface area contributed by atoms with Crippen molar-refractivity contribution in [2.75, 3.05) is 22.9 Å². The third kappa shape index (κ3) is 7.39. The monoisotopic (exact) mass is 711 g/mol. The quantitative estimate of drug-likeness (QED) is 0.0830. The molecule has 13 heteroatoms. The van der Waals surface area contributed by atoms with E-state index in [-0.39, 0.29) is 30.9 Å². The van der Waals surface area contributed by atoms with Crippen LogP contribution < -0.4 is 15.1 Å². The van der Waals surface area contributed by atoms with Crippen LogP contribution in [0.1, 0.15) is 45.6 Å². The Kier molecular flexibility index (Phi) is 11.3. The first kappa shape index (κ1) is 37.2. The van der Waals surface area contributed by atoms with Crippen LogP contribution in [0.3, 0.4) is 0 Å². The number of halogens is 3. The van der Waals surface area contributed by atoms with Crippen LogP contribution >= 0.6 is 12.6 Å². The maximum Gasteiger partial charge on any atom is 0.416 e. The molecule has 2 unspecified atom stereocenters. The van der Waals surface area contributed by atoms with E-state index in [2.05, 4.69) is 18.5 Å². The number of hydrogen-bond donors (Lipinski definition) is 2. The van der Waals surface area contributed by atoms with Crippen molar-refractivity contribution in [2.24, 2.45) is 5.92 Å². The molecular formula is C38H37BF3N5O3S. The zero-order chi connectivity index (χ0) is 37.0. The number of hydrogen-bond acceptors (Lipinski definition) is 5. The van der Waals surface area contributed by atoms with E-state index >= 15 is 0 Å². The minimum absolute atomic E-state index is 0.0732. The number of aryl methyl sites for hydroxylation is 1. The molecule has 2 radical (unpaired) electrons. The Morgan fingerprint density at radius 3 is 2.39 bits per heavy atom. The molecule has 0 aliphatic carbocycles. The first-order chi connectivity index (χ1) is 24.4. The zero-order valence-electron chi connectivity index (χ0n) is 28.2. The number of thiol groups is 1. The number of nitrogens with one attached hydrogen (secondary N) is 1. The Labute approximate surface area is 301 Å². The van der Waals surface area contributed by atoms with E-state index in [1.165, 1.54) is 17.0 Å². The topological polar surface area (TPSA) is 87.5 Å². The van der Waals surface area contributed by atoms with Crippen molar-refractivity contribution in [3.63, 3.8) is 0 Å². The molecule has 0 fully saturated rings. The largest absolute Gasteiger partial charge is 0.416 e. The van der Waals surface area contributed by atoms with Gasteiger partial charge in [0.2, 0.25) is 5.91 Å². The lowest BCUT2D eigenvalue weighted by Gasteiger charge is -2.42. The first-order valence-corrected chi connectivity index (χ1v) is 16.8. The molecule has 0 saturated carbocycles. The summed E-state index contributed by atoms with van der Waals surface area (Å²) < 4.78 is 42.5. The van der Waals surface area contributed by atoms with Gasteiger partial charge in [0.15, 0.2) is 0 Å². The van der Waals surface area contributed by atoms with Crippen molar-refractivity contribution < 1.29 is 27.6 Å². The fourth-order valence-corrected chi connectivity index (χ4v) is 7.12. The predicted octanol–water partition coefficient (Wildman–Crippen LogP) is 6.70. The molecule has 1 aliphatic rings. The minimum Gasteiger partial charge on any atom is -0.347 e.